The van der Waals surface area contributed by atoms with Crippen LogP contribution in [0.25, 0.3) is 0 Å². The molecule has 0 radical (unpaired) electrons. The predicted molar refractivity (Wildman–Crippen MR) is 144 cm³/mol. The van der Waals surface area contributed by atoms with Crippen molar-refractivity contribution in [2.75, 3.05) is 13.2 Å². The van der Waals surface area contributed by atoms with Gasteiger partial charge in [0.05, 0.1) is 13.2 Å². The molecule has 3 aromatic rings. The molecular formula is C32H34O7. The van der Waals surface area contributed by atoms with Gasteiger partial charge in [0.25, 0.3) is 0 Å². The van der Waals surface area contributed by atoms with E-state index >= 15 is 0 Å². The minimum Gasteiger partial charge on any atom is -0.465 e. The SMILES string of the molecule is CCOC(=O)C(C=O)C1O[C@H](COC(c2ccccc2)(c2ccccc2)c2ccccc2)[C@H]2OC(C)(C)O[C@@H]12. The van der Waals surface area contributed by atoms with Gasteiger partial charge in [0.1, 0.15) is 42.2 Å². The van der Waals surface area contributed by atoms with Gasteiger partial charge in [-0.2, -0.15) is 0 Å². The molecular weight excluding hydrogens is 496 g/mol. The lowest BCUT2D eigenvalue weighted by Gasteiger charge is -2.37. The van der Waals surface area contributed by atoms with Gasteiger partial charge in [-0.1, -0.05) is 91.0 Å². The average Bonchev–Trinajstić information content (AvgIpc) is 3.44. The number of rotatable bonds is 10. The maximum atomic E-state index is 12.6. The van der Waals surface area contributed by atoms with Crippen molar-refractivity contribution in [3.8, 4) is 0 Å². The van der Waals surface area contributed by atoms with E-state index in [-0.39, 0.29) is 13.2 Å². The van der Waals surface area contributed by atoms with Gasteiger partial charge in [0, 0.05) is 0 Å². The lowest BCUT2D eigenvalue weighted by Crippen LogP contribution is -2.40. The van der Waals surface area contributed by atoms with Crippen LogP contribution in [0.4, 0.5) is 0 Å². The second-order valence-electron chi connectivity index (χ2n) is 10.2. The molecule has 0 bridgehead atoms. The normalized spacial score (nSPS) is 24.6. The van der Waals surface area contributed by atoms with Crippen molar-refractivity contribution in [2.45, 2.75) is 56.6 Å². The van der Waals surface area contributed by atoms with Crippen molar-refractivity contribution in [3.63, 3.8) is 0 Å². The van der Waals surface area contributed by atoms with E-state index in [0.29, 0.717) is 6.29 Å². The molecule has 2 aliphatic rings. The van der Waals surface area contributed by atoms with E-state index < -0.39 is 47.7 Å². The third-order valence-electron chi connectivity index (χ3n) is 7.25. The minimum atomic E-state index is -1.14. The van der Waals surface area contributed by atoms with E-state index in [1.807, 2.05) is 105 Å². The van der Waals surface area contributed by atoms with Crippen LogP contribution >= 0.6 is 0 Å². The summed E-state index contributed by atoms with van der Waals surface area (Å²) in [6.45, 7) is 5.59. The number of esters is 1. The van der Waals surface area contributed by atoms with Crippen molar-refractivity contribution in [3.05, 3.63) is 108 Å². The molecule has 2 unspecified atom stereocenters. The van der Waals surface area contributed by atoms with Gasteiger partial charge >= 0.3 is 5.97 Å². The van der Waals surface area contributed by atoms with E-state index in [2.05, 4.69) is 0 Å². The molecule has 5 atom stereocenters. The van der Waals surface area contributed by atoms with Gasteiger partial charge in [-0.15, -0.1) is 0 Å². The molecule has 204 valence electrons. The van der Waals surface area contributed by atoms with Crippen LogP contribution in [0.2, 0.25) is 0 Å². The molecule has 0 saturated carbocycles. The van der Waals surface area contributed by atoms with Crippen molar-refractivity contribution in [1.29, 1.82) is 0 Å². The fourth-order valence-electron chi connectivity index (χ4n) is 5.62. The Balaban J connectivity index is 1.52. The van der Waals surface area contributed by atoms with Crippen molar-refractivity contribution in [2.24, 2.45) is 5.92 Å². The third kappa shape index (κ3) is 5.28. The van der Waals surface area contributed by atoms with Crippen molar-refractivity contribution in [1.82, 2.24) is 0 Å². The summed E-state index contributed by atoms with van der Waals surface area (Å²) in [6.07, 6.45) is -2.06. The Kier molecular flexibility index (Phi) is 7.96. The molecule has 2 saturated heterocycles. The van der Waals surface area contributed by atoms with Gasteiger partial charge < -0.3 is 28.5 Å². The van der Waals surface area contributed by atoms with Crippen molar-refractivity contribution >= 4 is 12.3 Å². The van der Waals surface area contributed by atoms with Crippen LogP contribution < -0.4 is 0 Å². The largest absolute Gasteiger partial charge is 0.465 e. The van der Waals surface area contributed by atoms with Crippen LogP contribution in [-0.2, 0) is 38.9 Å². The molecule has 0 aromatic heterocycles. The summed E-state index contributed by atoms with van der Waals surface area (Å²) in [5.41, 5.74) is 1.90. The molecule has 7 heteroatoms. The molecule has 5 rings (SSSR count). The van der Waals surface area contributed by atoms with Gasteiger partial charge in [-0.3, -0.25) is 4.79 Å². The number of aldehydes is 1. The number of hydrogen-bond acceptors (Lipinski definition) is 7. The van der Waals surface area contributed by atoms with Gasteiger partial charge in [-0.05, 0) is 37.5 Å². The number of carbonyl (C=O) groups is 2. The maximum Gasteiger partial charge on any atom is 0.318 e. The molecule has 0 aliphatic carbocycles. The van der Waals surface area contributed by atoms with Crippen molar-refractivity contribution < 1.29 is 33.3 Å². The van der Waals surface area contributed by atoms with E-state index in [0.717, 1.165) is 16.7 Å². The first kappa shape index (κ1) is 27.2. The lowest BCUT2D eigenvalue weighted by molar-refractivity contribution is -0.203. The highest BCUT2D eigenvalue weighted by molar-refractivity contribution is 5.88. The van der Waals surface area contributed by atoms with Crippen LogP contribution in [-0.4, -0.2) is 55.7 Å². The minimum absolute atomic E-state index is 0.115. The number of carbonyl (C=O) groups excluding carboxylic acids is 2. The Morgan fingerprint density at radius 2 is 1.36 bits per heavy atom. The predicted octanol–water partition coefficient (Wildman–Crippen LogP) is 4.66. The lowest BCUT2D eigenvalue weighted by atomic mass is 9.80. The summed E-state index contributed by atoms with van der Waals surface area (Å²) < 4.78 is 30.8. The quantitative estimate of drug-likeness (QED) is 0.163. The van der Waals surface area contributed by atoms with Crippen LogP contribution in [0.15, 0.2) is 91.0 Å². The van der Waals surface area contributed by atoms with Gasteiger partial charge in [-0.25, -0.2) is 0 Å². The van der Waals surface area contributed by atoms with Crippen LogP contribution in [0, 0.1) is 5.92 Å². The molecule has 0 amide bonds. The Hall–Kier alpha value is -3.36. The summed E-state index contributed by atoms with van der Waals surface area (Å²) in [4.78, 5) is 24.7. The molecule has 2 heterocycles. The zero-order valence-corrected chi connectivity index (χ0v) is 22.4. The Morgan fingerprint density at radius 1 is 0.872 bits per heavy atom. The molecule has 2 aliphatic heterocycles. The molecule has 0 spiro atoms. The highest BCUT2D eigenvalue weighted by Crippen LogP contribution is 2.44. The van der Waals surface area contributed by atoms with Gasteiger partial charge in [0.15, 0.2) is 5.79 Å². The second-order valence-corrected chi connectivity index (χ2v) is 10.2. The zero-order valence-electron chi connectivity index (χ0n) is 22.4. The smallest absolute Gasteiger partial charge is 0.318 e. The zero-order chi connectivity index (χ0) is 27.5. The van der Waals surface area contributed by atoms with Crippen LogP contribution in [0.5, 0.6) is 0 Å². The molecule has 39 heavy (non-hydrogen) atoms. The van der Waals surface area contributed by atoms with E-state index in [9.17, 15) is 9.59 Å². The van der Waals surface area contributed by atoms with E-state index in [1.54, 1.807) is 6.92 Å². The number of ether oxygens (including phenoxy) is 5. The highest BCUT2D eigenvalue weighted by atomic mass is 16.8. The summed E-state index contributed by atoms with van der Waals surface area (Å²) >= 11 is 0. The Bertz CT molecular complexity index is 1150. The number of hydrogen-bond donors (Lipinski definition) is 0. The van der Waals surface area contributed by atoms with E-state index in [4.69, 9.17) is 23.7 Å². The number of fused-ring (bicyclic) bond motifs is 1. The van der Waals surface area contributed by atoms with Crippen LogP contribution in [0.1, 0.15) is 37.5 Å². The summed E-state index contributed by atoms with van der Waals surface area (Å²) in [5, 5.41) is 0. The van der Waals surface area contributed by atoms with Gasteiger partial charge in [0.2, 0.25) is 0 Å². The summed E-state index contributed by atoms with van der Waals surface area (Å²) in [7, 11) is 0. The van der Waals surface area contributed by atoms with E-state index in [1.165, 1.54) is 0 Å². The Labute approximate surface area is 229 Å². The summed E-state index contributed by atoms with van der Waals surface area (Å²) in [5.74, 6) is -2.69. The molecule has 2 fully saturated rings. The molecule has 0 N–H and O–H groups in total. The first-order valence-electron chi connectivity index (χ1n) is 13.3. The maximum absolute atomic E-state index is 12.6. The molecule has 3 aromatic carbocycles. The topological polar surface area (TPSA) is 80.3 Å². The standard InChI is InChI=1S/C32H34O7/c1-4-35-30(34)25(20-33)27-29-28(38-31(2,3)39-29)26(37-27)21-36-32(22-14-8-5-9-15-22,23-16-10-6-11-17-23)24-18-12-7-13-19-24/h5-20,25-29H,4,21H2,1-3H3/t25?,26-,27?,28-,29+/m1/s1. The first-order valence-corrected chi connectivity index (χ1v) is 13.3. The monoisotopic (exact) mass is 530 g/mol. The number of benzene rings is 3. The second kappa shape index (κ2) is 11.4. The third-order valence-corrected chi connectivity index (χ3v) is 7.25. The van der Waals surface area contributed by atoms with Crippen LogP contribution in [0.3, 0.4) is 0 Å². The summed E-state index contributed by atoms with van der Waals surface area (Å²) in [6, 6.07) is 30.1. The first-order chi connectivity index (χ1) is 18.9. The average molecular weight is 531 g/mol. The fraction of sp³-hybridized carbons (Fsp3) is 0.375. The fourth-order valence-corrected chi connectivity index (χ4v) is 5.62. The highest BCUT2D eigenvalue weighted by Gasteiger charge is 2.59. The molecule has 7 nitrogen and oxygen atoms in total. The Morgan fingerprint density at radius 3 is 1.82 bits per heavy atom.